The van der Waals surface area contributed by atoms with E-state index >= 15 is 0 Å². The number of aliphatic carboxylic acids is 1. The largest absolute Gasteiger partial charge is 0.480 e. The van der Waals surface area contributed by atoms with Gasteiger partial charge in [-0.3, -0.25) is 9.69 Å². The smallest absolute Gasteiger partial charge is 0.320 e. The number of anilines is 2. The molecule has 114 valence electrons. The average Bonchev–Trinajstić information content (AvgIpc) is 2.76. The molecule has 2 aliphatic rings. The number of carbonyl (C=O) groups is 1. The van der Waals surface area contributed by atoms with Gasteiger partial charge in [-0.15, -0.1) is 0 Å². The third-order valence-corrected chi connectivity index (χ3v) is 4.80. The van der Waals surface area contributed by atoms with Gasteiger partial charge < -0.3 is 15.7 Å². The Hall–Kier alpha value is -1.89. The van der Waals surface area contributed by atoms with E-state index in [0.717, 1.165) is 38.9 Å². The van der Waals surface area contributed by atoms with Gasteiger partial charge in [0.25, 0.3) is 0 Å². The van der Waals surface area contributed by atoms with Gasteiger partial charge in [-0.05, 0) is 37.8 Å². The zero-order valence-corrected chi connectivity index (χ0v) is 12.2. The van der Waals surface area contributed by atoms with Crippen LogP contribution in [0.25, 0.3) is 0 Å². The van der Waals surface area contributed by atoms with Gasteiger partial charge in [0.2, 0.25) is 5.95 Å². The third-order valence-electron chi connectivity index (χ3n) is 4.80. The molecule has 2 saturated heterocycles. The molecule has 1 aromatic heterocycles. The van der Waals surface area contributed by atoms with Crippen molar-refractivity contribution in [1.29, 1.82) is 0 Å². The van der Waals surface area contributed by atoms with E-state index in [4.69, 9.17) is 5.73 Å². The van der Waals surface area contributed by atoms with Gasteiger partial charge in [0.15, 0.2) is 0 Å². The van der Waals surface area contributed by atoms with Crippen LogP contribution in [0.2, 0.25) is 0 Å². The lowest BCUT2D eigenvalue weighted by molar-refractivity contribution is -0.141. The highest BCUT2D eigenvalue weighted by atomic mass is 16.4. The second-order valence-corrected chi connectivity index (χ2v) is 6.24. The number of rotatable bonds is 2. The molecule has 2 aliphatic heterocycles. The standard InChI is InChI=1S/C14H21N5O2/c1-18-9-14(8-10(18)12(20)21)3-6-19(7-4-14)13-16-5-2-11(15)17-13/h2,5,10H,3-4,6-9H2,1H3,(H,20,21)(H2,15,16,17)/t10-/m1/s1. The van der Waals surface area contributed by atoms with E-state index in [2.05, 4.69) is 14.9 Å². The van der Waals surface area contributed by atoms with Gasteiger partial charge in [0.05, 0.1) is 0 Å². The Labute approximate surface area is 123 Å². The first-order valence-electron chi connectivity index (χ1n) is 7.26. The SMILES string of the molecule is CN1CC2(CCN(c3nccc(N)n3)CC2)C[C@@H]1C(=O)O. The maximum atomic E-state index is 11.3. The fourth-order valence-corrected chi connectivity index (χ4v) is 3.60. The second kappa shape index (κ2) is 5.14. The van der Waals surface area contributed by atoms with Crippen molar-refractivity contribution in [3.8, 4) is 0 Å². The van der Waals surface area contributed by atoms with Crippen molar-refractivity contribution in [2.24, 2.45) is 5.41 Å². The number of piperidine rings is 1. The van der Waals surface area contributed by atoms with E-state index in [1.807, 2.05) is 11.9 Å². The first-order chi connectivity index (χ1) is 9.99. The van der Waals surface area contributed by atoms with E-state index in [9.17, 15) is 9.90 Å². The van der Waals surface area contributed by atoms with Crippen LogP contribution in [-0.4, -0.2) is 58.7 Å². The molecule has 3 rings (SSSR count). The minimum Gasteiger partial charge on any atom is -0.480 e. The van der Waals surface area contributed by atoms with Crippen molar-refractivity contribution in [2.75, 3.05) is 37.3 Å². The highest BCUT2D eigenvalue weighted by Crippen LogP contribution is 2.43. The molecular formula is C14H21N5O2. The average molecular weight is 291 g/mol. The normalized spacial score (nSPS) is 25.4. The molecule has 1 atom stereocenters. The van der Waals surface area contributed by atoms with Crippen LogP contribution in [-0.2, 0) is 4.79 Å². The summed E-state index contributed by atoms with van der Waals surface area (Å²) in [4.78, 5) is 23.9. The van der Waals surface area contributed by atoms with E-state index < -0.39 is 5.97 Å². The molecule has 0 aliphatic carbocycles. The van der Waals surface area contributed by atoms with Crippen LogP contribution in [0.5, 0.6) is 0 Å². The molecule has 0 saturated carbocycles. The van der Waals surface area contributed by atoms with Crippen LogP contribution < -0.4 is 10.6 Å². The maximum absolute atomic E-state index is 11.3. The number of likely N-dealkylation sites (tertiary alicyclic amines) is 1. The van der Waals surface area contributed by atoms with Crippen molar-refractivity contribution in [2.45, 2.75) is 25.3 Å². The minimum absolute atomic E-state index is 0.120. The molecule has 3 N–H and O–H groups in total. The summed E-state index contributed by atoms with van der Waals surface area (Å²) < 4.78 is 0. The summed E-state index contributed by atoms with van der Waals surface area (Å²) in [7, 11) is 1.90. The molecule has 0 unspecified atom stereocenters. The van der Waals surface area contributed by atoms with Crippen molar-refractivity contribution in [3.63, 3.8) is 0 Å². The van der Waals surface area contributed by atoms with Crippen LogP contribution in [0.3, 0.4) is 0 Å². The van der Waals surface area contributed by atoms with E-state index in [-0.39, 0.29) is 11.5 Å². The molecular weight excluding hydrogens is 270 g/mol. The number of nitrogen functional groups attached to an aromatic ring is 1. The number of hydrogen-bond acceptors (Lipinski definition) is 6. The minimum atomic E-state index is -0.712. The van der Waals surface area contributed by atoms with E-state index in [1.165, 1.54) is 0 Å². The van der Waals surface area contributed by atoms with Crippen LogP contribution in [0.4, 0.5) is 11.8 Å². The summed E-state index contributed by atoms with van der Waals surface area (Å²) in [5.41, 5.74) is 5.82. The van der Waals surface area contributed by atoms with Gasteiger partial charge in [-0.25, -0.2) is 4.98 Å². The molecule has 0 radical (unpaired) electrons. The molecule has 2 fully saturated rings. The van der Waals surface area contributed by atoms with Crippen molar-refractivity contribution in [1.82, 2.24) is 14.9 Å². The summed E-state index contributed by atoms with van der Waals surface area (Å²) >= 11 is 0. The number of likely N-dealkylation sites (N-methyl/N-ethyl adjacent to an activating group) is 1. The van der Waals surface area contributed by atoms with Crippen molar-refractivity contribution >= 4 is 17.7 Å². The predicted molar refractivity (Wildman–Crippen MR) is 79.0 cm³/mol. The monoisotopic (exact) mass is 291 g/mol. The van der Waals surface area contributed by atoms with Gasteiger partial charge in [-0.2, -0.15) is 4.98 Å². The Morgan fingerprint density at radius 1 is 1.48 bits per heavy atom. The fourth-order valence-electron chi connectivity index (χ4n) is 3.60. The first kappa shape index (κ1) is 14.1. The highest BCUT2D eigenvalue weighted by Gasteiger charge is 2.46. The molecule has 1 aromatic rings. The van der Waals surface area contributed by atoms with Crippen LogP contribution >= 0.6 is 0 Å². The summed E-state index contributed by atoms with van der Waals surface area (Å²) in [6, 6.07) is 1.33. The second-order valence-electron chi connectivity index (χ2n) is 6.24. The molecule has 0 amide bonds. The van der Waals surface area contributed by atoms with E-state index in [0.29, 0.717) is 11.8 Å². The molecule has 7 nitrogen and oxygen atoms in total. The molecule has 1 spiro atoms. The van der Waals surface area contributed by atoms with Crippen molar-refractivity contribution in [3.05, 3.63) is 12.3 Å². The Bertz CT molecular complexity index is 542. The Morgan fingerprint density at radius 3 is 2.76 bits per heavy atom. The van der Waals surface area contributed by atoms with Gasteiger partial charge >= 0.3 is 5.97 Å². The Balaban J connectivity index is 1.67. The molecule has 7 heteroatoms. The van der Waals surface area contributed by atoms with Crippen molar-refractivity contribution < 1.29 is 9.90 Å². The maximum Gasteiger partial charge on any atom is 0.320 e. The predicted octanol–water partition coefficient (Wildman–Crippen LogP) is 0.434. The Kier molecular flexibility index (Phi) is 3.44. The number of nitrogens with two attached hydrogens (primary N) is 1. The molecule has 0 bridgehead atoms. The van der Waals surface area contributed by atoms with Crippen LogP contribution in [0, 0.1) is 5.41 Å². The lowest BCUT2D eigenvalue weighted by atomic mass is 9.76. The number of aromatic nitrogens is 2. The summed E-state index contributed by atoms with van der Waals surface area (Å²) in [6.07, 6.45) is 4.36. The number of carboxylic acid groups (broad SMARTS) is 1. The highest BCUT2D eigenvalue weighted by molar-refractivity contribution is 5.74. The van der Waals surface area contributed by atoms with Crippen LogP contribution in [0.1, 0.15) is 19.3 Å². The van der Waals surface area contributed by atoms with Crippen LogP contribution in [0.15, 0.2) is 12.3 Å². The number of nitrogens with zero attached hydrogens (tertiary/aromatic N) is 4. The van der Waals surface area contributed by atoms with Gasteiger partial charge in [0, 0.05) is 25.8 Å². The summed E-state index contributed by atoms with van der Waals surface area (Å²) in [6.45, 7) is 2.56. The first-order valence-corrected chi connectivity index (χ1v) is 7.26. The Morgan fingerprint density at radius 2 is 2.19 bits per heavy atom. The summed E-state index contributed by atoms with van der Waals surface area (Å²) in [5.74, 6) is 0.439. The van der Waals surface area contributed by atoms with Gasteiger partial charge in [-0.1, -0.05) is 0 Å². The number of hydrogen-bond donors (Lipinski definition) is 2. The lowest BCUT2D eigenvalue weighted by Gasteiger charge is -2.39. The van der Waals surface area contributed by atoms with E-state index in [1.54, 1.807) is 12.3 Å². The molecule has 3 heterocycles. The molecule has 21 heavy (non-hydrogen) atoms. The topological polar surface area (TPSA) is 95.6 Å². The third kappa shape index (κ3) is 2.65. The molecule has 0 aromatic carbocycles. The lowest BCUT2D eigenvalue weighted by Crippen LogP contribution is -2.42. The van der Waals surface area contributed by atoms with Gasteiger partial charge in [0.1, 0.15) is 11.9 Å². The fraction of sp³-hybridized carbons (Fsp3) is 0.643. The zero-order chi connectivity index (χ0) is 15.0. The quantitative estimate of drug-likeness (QED) is 0.816. The summed E-state index contributed by atoms with van der Waals surface area (Å²) in [5, 5.41) is 9.27. The zero-order valence-electron chi connectivity index (χ0n) is 12.2. The number of carboxylic acids is 1.